The first-order valence-electron chi connectivity index (χ1n) is 10.7. The second-order valence-corrected chi connectivity index (χ2v) is 8.57. The van der Waals surface area contributed by atoms with Crippen molar-refractivity contribution < 1.29 is 13.6 Å². The molecule has 1 unspecified atom stereocenters. The zero-order valence-electron chi connectivity index (χ0n) is 19.0. The Hall–Kier alpha value is -3.47. The highest BCUT2D eigenvalue weighted by Gasteiger charge is 2.43. The van der Waals surface area contributed by atoms with Gasteiger partial charge in [-0.2, -0.15) is 15.3 Å². The summed E-state index contributed by atoms with van der Waals surface area (Å²) in [5, 5.41) is 15.0. The largest absolute Gasteiger partial charge is 0.324 e. The Morgan fingerprint density at radius 3 is 2.56 bits per heavy atom. The van der Waals surface area contributed by atoms with Gasteiger partial charge >= 0.3 is 0 Å². The topological polar surface area (TPSA) is 103 Å². The van der Waals surface area contributed by atoms with Crippen LogP contribution < -0.4 is 5.32 Å². The normalized spacial score (nSPS) is 16.3. The summed E-state index contributed by atoms with van der Waals surface area (Å²) in [4.78, 5) is 22.6. The molecule has 4 heterocycles. The molecule has 0 fully saturated rings. The van der Waals surface area contributed by atoms with Crippen molar-refractivity contribution in [2.24, 2.45) is 0 Å². The smallest absolute Gasteiger partial charge is 0.267 e. The summed E-state index contributed by atoms with van der Waals surface area (Å²) >= 11 is 6.04. The molecular formula is C22H23ClF2N8O. The summed E-state index contributed by atoms with van der Waals surface area (Å²) in [6.45, 7) is 8.02. The molecule has 34 heavy (non-hydrogen) atoms. The molecular weight excluding hydrogens is 466 g/mol. The number of amides is 1. The lowest BCUT2D eigenvalue weighted by Gasteiger charge is -2.19. The number of pyridine rings is 1. The Kier molecular flexibility index (Phi) is 6.30. The molecule has 1 N–H and O–H groups in total. The van der Waals surface area contributed by atoms with Crippen LogP contribution in [-0.2, 0) is 10.2 Å². The lowest BCUT2D eigenvalue weighted by Crippen LogP contribution is -2.22. The number of hydrogen-bond donors (Lipinski definition) is 1. The number of anilines is 1. The van der Waals surface area contributed by atoms with Gasteiger partial charge in [-0.15, -0.1) is 4.80 Å². The predicted octanol–water partition coefficient (Wildman–Crippen LogP) is 4.73. The molecule has 12 heteroatoms. The molecule has 0 radical (unpaired) electrons. The molecule has 0 aromatic carbocycles. The van der Waals surface area contributed by atoms with E-state index >= 15 is 0 Å². The zero-order chi connectivity index (χ0) is 24.6. The molecule has 1 aliphatic rings. The zero-order valence-corrected chi connectivity index (χ0v) is 19.8. The lowest BCUT2D eigenvalue weighted by molar-refractivity contribution is -0.117. The van der Waals surface area contributed by atoms with Crippen LogP contribution in [0.15, 0.2) is 36.9 Å². The molecule has 4 aromatic rings. The van der Waals surface area contributed by atoms with E-state index in [0.29, 0.717) is 17.2 Å². The quantitative estimate of drug-likeness (QED) is 0.445. The monoisotopic (exact) mass is 488 g/mol. The first-order chi connectivity index (χ1) is 16.2. The highest BCUT2D eigenvalue weighted by atomic mass is 35.5. The lowest BCUT2D eigenvalue weighted by atomic mass is 9.88. The molecule has 0 saturated carbocycles. The fraction of sp³-hybridized carbons (Fsp3) is 0.364. The Labute approximate surface area is 199 Å². The number of carbonyl (C=O) groups is 1. The highest BCUT2D eigenvalue weighted by Crippen LogP contribution is 2.46. The average molecular weight is 489 g/mol. The van der Waals surface area contributed by atoms with Gasteiger partial charge in [-0.1, -0.05) is 39.3 Å². The van der Waals surface area contributed by atoms with Gasteiger partial charge in [0.05, 0.1) is 41.5 Å². The number of carbonyl (C=O) groups excluding carboxylic acids is 1. The van der Waals surface area contributed by atoms with Crippen LogP contribution in [0.3, 0.4) is 0 Å². The van der Waals surface area contributed by atoms with Crippen molar-refractivity contribution >= 4 is 28.8 Å². The van der Waals surface area contributed by atoms with E-state index in [0.717, 1.165) is 16.1 Å². The van der Waals surface area contributed by atoms with Gasteiger partial charge in [0.25, 0.3) is 6.43 Å². The Bertz CT molecular complexity index is 1340. The standard InChI is InChI=1S/C20H17ClF2N8O.C2H6/c1-20(2)7-12(13-9-24-15-6-14(21)29-30(15)16(13)20)19(32)28-10-5-11(17(22)23)18(25-8-10)31-26-3-4-27-31;1-2/h3-6,8-9,12,17H,7H2,1-2H3,(H,28,32);1-2H3. The number of rotatable bonds is 4. The Balaban J connectivity index is 0.00000133. The van der Waals surface area contributed by atoms with Crippen LogP contribution in [0.2, 0.25) is 5.15 Å². The summed E-state index contributed by atoms with van der Waals surface area (Å²) in [6.07, 6.45) is 3.35. The summed E-state index contributed by atoms with van der Waals surface area (Å²) in [7, 11) is 0. The number of hydrogen-bond acceptors (Lipinski definition) is 6. The number of halogens is 3. The molecule has 0 bridgehead atoms. The van der Waals surface area contributed by atoms with E-state index in [9.17, 15) is 13.6 Å². The van der Waals surface area contributed by atoms with Gasteiger partial charge in [0.1, 0.15) is 0 Å². The number of nitrogens with zero attached hydrogens (tertiary/aromatic N) is 7. The molecule has 5 rings (SSSR count). The van der Waals surface area contributed by atoms with E-state index in [2.05, 4.69) is 30.6 Å². The van der Waals surface area contributed by atoms with E-state index in [1.807, 2.05) is 27.7 Å². The molecule has 1 atom stereocenters. The van der Waals surface area contributed by atoms with Crippen LogP contribution in [0, 0.1) is 0 Å². The fourth-order valence-corrected chi connectivity index (χ4v) is 4.40. The van der Waals surface area contributed by atoms with Gasteiger partial charge < -0.3 is 5.32 Å². The SMILES string of the molecule is CC.CC1(C)CC(C(=O)Nc2cnc(-n3nccn3)c(C(F)F)c2)c2cnc3cc(Cl)nn3c21. The predicted molar refractivity (Wildman–Crippen MR) is 122 cm³/mol. The number of nitrogens with one attached hydrogen (secondary N) is 1. The maximum absolute atomic E-state index is 13.6. The minimum atomic E-state index is -2.83. The maximum Gasteiger partial charge on any atom is 0.267 e. The number of alkyl halides is 2. The van der Waals surface area contributed by atoms with E-state index < -0.39 is 12.3 Å². The third-order valence-electron chi connectivity index (χ3n) is 5.54. The summed E-state index contributed by atoms with van der Waals surface area (Å²) in [5.74, 6) is -0.983. The van der Waals surface area contributed by atoms with E-state index in [4.69, 9.17) is 11.6 Å². The molecule has 178 valence electrons. The van der Waals surface area contributed by atoms with Crippen molar-refractivity contribution in [1.29, 1.82) is 0 Å². The Morgan fingerprint density at radius 1 is 1.18 bits per heavy atom. The fourth-order valence-electron chi connectivity index (χ4n) is 4.23. The van der Waals surface area contributed by atoms with E-state index in [-0.39, 0.29) is 28.4 Å². The van der Waals surface area contributed by atoms with Gasteiger partial charge in [-0.25, -0.2) is 23.3 Å². The first kappa shape index (κ1) is 23.7. The molecule has 1 aliphatic carbocycles. The molecule has 4 aromatic heterocycles. The van der Waals surface area contributed by atoms with Crippen LogP contribution in [-0.4, -0.2) is 40.5 Å². The molecule has 0 aliphatic heterocycles. The average Bonchev–Trinajstić information content (AvgIpc) is 3.52. The second kappa shape index (κ2) is 9.05. The van der Waals surface area contributed by atoms with Crippen molar-refractivity contribution in [2.45, 2.75) is 51.9 Å². The summed E-state index contributed by atoms with van der Waals surface area (Å²) < 4.78 is 28.9. The van der Waals surface area contributed by atoms with Crippen molar-refractivity contribution in [3.05, 3.63) is 58.9 Å². The maximum atomic E-state index is 13.6. The van der Waals surface area contributed by atoms with Crippen molar-refractivity contribution in [3.63, 3.8) is 0 Å². The third kappa shape index (κ3) is 4.11. The van der Waals surface area contributed by atoms with Crippen LogP contribution in [0.5, 0.6) is 0 Å². The molecule has 0 spiro atoms. The minimum absolute atomic E-state index is 0.0995. The molecule has 1 amide bonds. The molecule has 9 nitrogen and oxygen atoms in total. The highest BCUT2D eigenvalue weighted by molar-refractivity contribution is 6.29. The van der Waals surface area contributed by atoms with Crippen LogP contribution in [0.4, 0.5) is 14.5 Å². The van der Waals surface area contributed by atoms with Crippen molar-refractivity contribution in [2.75, 3.05) is 5.32 Å². The number of aromatic nitrogens is 7. The van der Waals surface area contributed by atoms with Crippen LogP contribution >= 0.6 is 11.6 Å². The van der Waals surface area contributed by atoms with Crippen molar-refractivity contribution in [3.8, 4) is 5.82 Å². The third-order valence-corrected chi connectivity index (χ3v) is 5.72. The Morgan fingerprint density at radius 2 is 1.88 bits per heavy atom. The van der Waals surface area contributed by atoms with Crippen LogP contribution in [0.1, 0.15) is 63.3 Å². The van der Waals surface area contributed by atoms with Gasteiger partial charge in [-0.05, 0) is 12.5 Å². The van der Waals surface area contributed by atoms with E-state index in [1.54, 1.807) is 16.8 Å². The second-order valence-electron chi connectivity index (χ2n) is 8.19. The van der Waals surface area contributed by atoms with Gasteiger partial charge in [0.15, 0.2) is 16.6 Å². The van der Waals surface area contributed by atoms with Gasteiger partial charge in [0, 0.05) is 23.2 Å². The first-order valence-corrected chi connectivity index (χ1v) is 11.1. The van der Waals surface area contributed by atoms with Gasteiger partial charge in [-0.3, -0.25) is 4.79 Å². The summed E-state index contributed by atoms with van der Waals surface area (Å²) in [5.41, 5.74) is 1.55. The minimum Gasteiger partial charge on any atom is -0.324 e. The van der Waals surface area contributed by atoms with Crippen molar-refractivity contribution in [1.82, 2.24) is 34.6 Å². The molecule has 0 saturated heterocycles. The van der Waals surface area contributed by atoms with Crippen LogP contribution in [0.25, 0.3) is 11.5 Å². The summed E-state index contributed by atoms with van der Waals surface area (Å²) in [6, 6.07) is 2.84. The number of fused-ring (bicyclic) bond motifs is 3. The van der Waals surface area contributed by atoms with E-state index in [1.165, 1.54) is 24.7 Å². The van der Waals surface area contributed by atoms with Gasteiger partial charge in [0.2, 0.25) is 5.91 Å².